The lowest BCUT2D eigenvalue weighted by Crippen LogP contribution is -1.93. The molecule has 0 bridgehead atoms. The fraction of sp³-hybridized carbons (Fsp3) is 0.312. The molecule has 1 aromatic carbocycles. The van der Waals surface area contributed by atoms with Crippen molar-refractivity contribution >= 4 is 11.6 Å². The molecule has 100 valence electrons. The van der Waals surface area contributed by atoms with E-state index in [1.54, 1.807) is 6.20 Å². The van der Waals surface area contributed by atoms with Crippen LogP contribution in [0.25, 0.3) is 0 Å². The number of hydrogen-bond donors (Lipinski definition) is 0. The summed E-state index contributed by atoms with van der Waals surface area (Å²) in [6, 6.07) is 10.2. The number of halogens is 1. The highest BCUT2D eigenvalue weighted by Crippen LogP contribution is 2.24. The first-order valence-electron chi connectivity index (χ1n) is 6.51. The van der Waals surface area contributed by atoms with E-state index >= 15 is 0 Å². The molecule has 0 saturated carbocycles. The van der Waals surface area contributed by atoms with Gasteiger partial charge in [0.25, 0.3) is 0 Å². The van der Waals surface area contributed by atoms with Crippen LogP contribution in [0.1, 0.15) is 30.0 Å². The molecule has 0 saturated heterocycles. The minimum absolute atomic E-state index is 0.472. The predicted molar refractivity (Wildman–Crippen MR) is 79.0 cm³/mol. The van der Waals surface area contributed by atoms with Gasteiger partial charge in [-0.1, -0.05) is 25.5 Å². The first-order valence-corrected chi connectivity index (χ1v) is 7.04. The van der Waals surface area contributed by atoms with Crippen molar-refractivity contribution in [1.29, 1.82) is 0 Å². The molecule has 0 aliphatic rings. The van der Waals surface area contributed by atoms with Crippen LogP contribution in [0.4, 0.5) is 0 Å². The highest BCUT2D eigenvalue weighted by atomic mass is 35.5. The fourth-order valence-electron chi connectivity index (χ4n) is 1.92. The van der Waals surface area contributed by atoms with Crippen molar-refractivity contribution < 1.29 is 4.74 Å². The van der Waals surface area contributed by atoms with Gasteiger partial charge in [-0.15, -0.1) is 11.6 Å². The Labute approximate surface area is 119 Å². The molecule has 0 unspecified atom stereocenters. The van der Waals surface area contributed by atoms with E-state index < -0.39 is 0 Å². The summed E-state index contributed by atoms with van der Waals surface area (Å²) in [7, 11) is 0. The zero-order valence-corrected chi connectivity index (χ0v) is 12.1. The Hall–Kier alpha value is -1.54. The lowest BCUT2D eigenvalue weighted by atomic mass is 10.1. The van der Waals surface area contributed by atoms with Gasteiger partial charge >= 0.3 is 0 Å². The van der Waals surface area contributed by atoms with Crippen molar-refractivity contribution in [2.24, 2.45) is 0 Å². The highest BCUT2D eigenvalue weighted by Gasteiger charge is 2.04. The van der Waals surface area contributed by atoms with Crippen LogP contribution in [0.15, 0.2) is 36.5 Å². The number of pyridine rings is 1. The summed E-state index contributed by atoms with van der Waals surface area (Å²) in [6.45, 7) is 4.15. The number of rotatable bonds is 5. The van der Waals surface area contributed by atoms with Crippen molar-refractivity contribution in [3.8, 4) is 11.6 Å². The van der Waals surface area contributed by atoms with Crippen LogP contribution < -0.4 is 4.74 Å². The normalized spacial score (nSPS) is 10.5. The first-order chi connectivity index (χ1) is 9.22. The number of ether oxygens (including phenoxy) is 1. The second kappa shape index (κ2) is 6.58. The fourth-order valence-corrected chi connectivity index (χ4v) is 2.07. The van der Waals surface area contributed by atoms with Crippen LogP contribution in [0.2, 0.25) is 0 Å². The summed E-state index contributed by atoms with van der Waals surface area (Å²) in [5, 5.41) is 0. The van der Waals surface area contributed by atoms with E-state index in [0.29, 0.717) is 11.8 Å². The Morgan fingerprint density at radius 2 is 1.89 bits per heavy atom. The molecule has 0 atom stereocenters. The minimum Gasteiger partial charge on any atom is -0.439 e. The van der Waals surface area contributed by atoms with E-state index in [9.17, 15) is 0 Å². The van der Waals surface area contributed by atoms with Gasteiger partial charge in [0.15, 0.2) is 0 Å². The highest BCUT2D eigenvalue weighted by molar-refractivity contribution is 6.17. The molecule has 0 N–H and O–H groups in total. The maximum absolute atomic E-state index is 5.79. The van der Waals surface area contributed by atoms with Gasteiger partial charge in [-0.25, -0.2) is 4.98 Å². The standard InChI is InChI=1S/C16H18ClNO/c1-3-4-13-5-7-15(8-6-13)19-16-12(2)9-14(10-17)11-18-16/h5-9,11H,3-4,10H2,1-2H3. The third kappa shape index (κ3) is 3.71. The summed E-state index contributed by atoms with van der Waals surface area (Å²) >= 11 is 5.78. The van der Waals surface area contributed by atoms with E-state index in [-0.39, 0.29) is 0 Å². The van der Waals surface area contributed by atoms with Gasteiger partial charge in [-0.3, -0.25) is 0 Å². The molecule has 0 amide bonds. The van der Waals surface area contributed by atoms with Crippen molar-refractivity contribution in [3.63, 3.8) is 0 Å². The summed E-state index contributed by atoms with van der Waals surface area (Å²) < 4.78 is 5.79. The zero-order chi connectivity index (χ0) is 13.7. The molecule has 0 spiro atoms. The van der Waals surface area contributed by atoms with Gasteiger partial charge in [0.1, 0.15) is 5.75 Å². The van der Waals surface area contributed by atoms with Crippen LogP contribution in [0.3, 0.4) is 0 Å². The monoisotopic (exact) mass is 275 g/mol. The predicted octanol–water partition coefficient (Wildman–Crippen LogP) is 4.87. The molecule has 0 aliphatic heterocycles. The summed E-state index contributed by atoms with van der Waals surface area (Å²) in [4.78, 5) is 4.30. The van der Waals surface area contributed by atoms with Gasteiger partial charge in [0.05, 0.1) is 0 Å². The SMILES string of the molecule is CCCc1ccc(Oc2ncc(CCl)cc2C)cc1. The Morgan fingerprint density at radius 3 is 2.47 bits per heavy atom. The molecule has 19 heavy (non-hydrogen) atoms. The van der Waals surface area contributed by atoms with Crippen molar-refractivity contribution in [2.75, 3.05) is 0 Å². The van der Waals surface area contributed by atoms with Crippen molar-refractivity contribution in [3.05, 3.63) is 53.2 Å². The number of aromatic nitrogens is 1. The van der Waals surface area contributed by atoms with Gasteiger partial charge in [-0.05, 0) is 42.7 Å². The summed E-state index contributed by atoms with van der Waals surface area (Å²) in [6.07, 6.45) is 4.00. The topological polar surface area (TPSA) is 22.1 Å². The van der Waals surface area contributed by atoms with E-state index in [2.05, 4.69) is 24.0 Å². The average molecular weight is 276 g/mol. The quantitative estimate of drug-likeness (QED) is 0.726. The smallest absolute Gasteiger partial charge is 0.222 e. The van der Waals surface area contributed by atoms with Gasteiger partial charge in [0, 0.05) is 17.6 Å². The second-order valence-corrected chi connectivity index (χ2v) is 4.86. The van der Waals surface area contributed by atoms with Gasteiger partial charge < -0.3 is 4.74 Å². The third-order valence-corrected chi connectivity index (χ3v) is 3.23. The molecule has 1 heterocycles. The minimum atomic E-state index is 0.472. The molecule has 0 aliphatic carbocycles. The average Bonchev–Trinajstić information content (AvgIpc) is 2.43. The van der Waals surface area contributed by atoms with E-state index in [1.165, 1.54) is 5.56 Å². The lowest BCUT2D eigenvalue weighted by Gasteiger charge is -2.09. The number of hydrogen-bond acceptors (Lipinski definition) is 2. The molecule has 2 aromatic rings. The molecule has 0 fully saturated rings. The molecule has 2 nitrogen and oxygen atoms in total. The Kier molecular flexibility index (Phi) is 4.80. The van der Waals surface area contributed by atoms with Gasteiger partial charge in [0.2, 0.25) is 5.88 Å². The molecule has 2 rings (SSSR count). The van der Waals surface area contributed by atoms with Crippen LogP contribution in [0, 0.1) is 6.92 Å². The zero-order valence-electron chi connectivity index (χ0n) is 11.3. The molecule has 0 radical (unpaired) electrons. The maximum Gasteiger partial charge on any atom is 0.222 e. The molecular weight excluding hydrogens is 258 g/mol. The molecule has 1 aromatic heterocycles. The first kappa shape index (κ1) is 13.9. The Balaban J connectivity index is 2.12. The lowest BCUT2D eigenvalue weighted by molar-refractivity contribution is 0.458. The third-order valence-electron chi connectivity index (χ3n) is 2.92. The number of aryl methyl sites for hydroxylation is 2. The molecular formula is C16H18ClNO. The van der Waals surface area contributed by atoms with Crippen LogP contribution in [-0.4, -0.2) is 4.98 Å². The molecule has 3 heteroatoms. The van der Waals surface area contributed by atoms with Crippen LogP contribution >= 0.6 is 11.6 Å². The number of benzene rings is 1. The number of alkyl halides is 1. The largest absolute Gasteiger partial charge is 0.439 e. The maximum atomic E-state index is 5.79. The number of nitrogens with zero attached hydrogens (tertiary/aromatic N) is 1. The Bertz CT molecular complexity index is 537. The van der Waals surface area contributed by atoms with Crippen molar-refractivity contribution in [2.45, 2.75) is 32.6 Å². The summed E-state index contributed by atoms with van der Waals surface area (Å²) in [5.74, 6) is 1.92. The van der Waals surface area contributed by atoms with Crippen LogP contribution in [0.5, 0.6) is 11.6 Å². The van der Waals surface area contributed by atoms with E-state index in [1.807, 2.05) is 25.1 Å². The second-order valence-electron chi connectivity index (χ2n) is 4.60. The van der Waals surface area contributed by atoms with Gasteiger partial charge in [-0.2, -0.15) is 0 Å². The van der Waals surface area contributed by atoms with Crippen molar-refractivity contribution in [1.82, 2.24) is 4.98 Å². The van der Waals surface area contributed by atoms with E-state index in [0.717, 1.165) is 29.7 Å². The summed E-state index contributed by atoms with van der Waals surface area (Å²) in [5.41, 5.74) is 3.33. The van der Waals surface area contributed by atoms with E-state index in [4.69, 9.17) is 16.3 Å². The van der Waals surface area contributed by atoms with Crippen LogP contribution in [-0.2, 0) is 12.3 Å². The Morgan fingerprint density at radius 1 is 1.16 bits per heavy atom.